The molecule has 2 N–H and O–H groups in total. The van der Waals surface area contributed by atoms with Gasteiger partial charge in [-0.3, -0.25) is 4.79 Å². The van der Waals surface area contributed by atoms with Crippen LogP contribution in [-0.2, 0) is 16.0 Å². The molecule has 1 aromatic carbocycles. The number of benzene rings is 1. The van der Waals surface area contributed by atoms with E-state index in [0.717, 1.165) is 12.0 Å². The predicted molar refractivity (Wildman–Crippen MR) is 78.5 cm³/mol. The van der Waals surface area contributed by atoms with Crippen molar-refractivity contribution in [2.45, 2.75) is 45.6 Å². The zero-order valence-electron chi connectivity index (χ0n) is 12.6. The summed E-state index contributed by atoms with van der Waals surface area (Å²) >= 11 is 0. The van der Waals surface area contributed by atoms with Gasteiger partial charge >= 0.3 is 11.9 Å². The van der Waals surface area contributed by atoms with Crippen molar-refractivity contribution >= 4 is 11.9 Å². The summed E-state index contributed by atoms with van der Waals surface area (Å²) in [4.78, 5) is 22.1. The van der Waals surface area contributed by atoms with Crippen LogP contribution in [0.25, 0.3) is 0 Å². The van der Waals surface area contributed by atoms with Crippen LogP contribution in [0.5, 0.6) is 5.75 Å². The van der Waals surface area contributed by atoms with Gasteiger partial charge in [-0.25, -0.2) is 4.79 Å². The van der Waals surface area contributed by atoms with E-state index in [4.69, 9.17) is 14.9 Å². The van der Waals surface area contributed by atoms with Crippen LogP contribution in [0.3, 0.4) is 0 Å². The van der Waals surface area contributed by atoms with E-state index in [0.29, 0.717) is 18.6 Å². The molecule has 0 saturated heterocycles. The van der Waals surface area contributed by atoms with Crippen LogP contribution in [0.4, 0.5) is 0 Å². The number of hydrogen-bond acceptors (Lipinski definition) is 3. The molecule has 0 bridgehead atoms. The lowest BCUT2D eigenvalue weighted by Crippen LogP contribution is -2.37. The summed E-state index contributed by atoms with van der Waals surface area (Å²) in [5, 5.41) is 18.2. The number of carboxylic acids is 2. The Morgan fingerprint density at radius 1 is 1.19 bits per heavy atom. The quantitative estimate of drug-likeness (QED) is 0.770. The fourth-order valence-corrected chi connectivity index (χ4v) is 1.98. The fraction of sp³-hybridized carbons (Fsp3) is 0.500. The second-order valence-electron chi connectivity index (χ2n) is 5.59. The van der Waals surface area contributed by atoms with Crippen LogP contribution in [-0.4, -0.2) is 27.8 Å². The largest absolute Gasteiger partial charge is 0.481 e. The summed E-state index contributed by atoms with van der Waals surface area (Å²) in [5.74, 6) is -1.77. The lowest BCUT2D eigenvalue weighted by Gasteiger charge is -2.21. The molecule has 5 nitrogen and oxygen atoms in total. The molecule has 1 aromatic rings. The van der Waals surface area contributed by atoms with E-state index in [-0.39, 0.29) is 0 Å². The number of carboxylic acid groups (broad SMARTS) is 2. The van der Waals surface area contributed by atoms with Gasteiger partial charge in [0.2, 0.25) is 0 Å². The lowest BCUT2D eigenvalue weighted by molar-refractivity contribution is -0.152. The van der Waals surface area contributed by atoms with Crippen molar-refractivity contribution in [1.29, 1.82) is 0 Å². The normalized spacial score (nSPS) is 12.7. The zero-order chi connectivity index (χ0) is 16.0. The molecule has 5 heteroatoms. The molecule has 1 atom stereocenters. The summed E-state index contributed by atoms with van der Waals surface area (Å²) in [6.07, 6.45) is 1.93. The van der Waals surface area contributed by atoms with Crippen molar-refractivity contribution < 1.29 is 24.5 Å². The molecule has 0 spiro atoms. The van der Waals surface area contributed by atoms with E-state index >= 15 is 0 Å². The van der Waals surface area contributed by atoms with E-state index in [1.165, 1.54) is 13.8 Å². The smallest absolute Gasteiger partial charge is 0.347 e. The Labute approximate surface area is 124 Å². The monoisotopic (exact) mass is 294 g/mol. The van der Waals surface area contributed by atoms with Crippen LogP contribution >= 0.6 is 0 Å². The third-order valence-electron chi connectivity index (χ3n) is 3.28. The Morgan fingerprint density at radius 2 is 1.76 bits per heavy atom. The van der Waals surface area contributed by atoms with Crippen molar-refractivity contribution in [3.8, 4) is 5.75 Å². The van der Waals surface area contributed by atoms with E-state index in [9.17, 15) is 9.59 Å². The average molecular weight is 294 g/mol. The van der Waals surface area contributed by atoms with E-state index in [1.54, 1.807) is 24.3 Å². The Balaban J connectivity index is 2.74. The highest BCUT2D eigenvalue weighted by Crippen LogP contribution is 2.21. The number of ether oxygens (including phenoxy) is 1. The first-order valence-electron chi connectivity index (χ1n) is 7.00. The maximum absolute atomic E-state index is 11.1. The van der Waals surface area contributed by atoms with Crippen molar-refractivity contribution in [2.24, 2.45) is 5.92 Å². The molecule has 0 aromatic heterocycles. The molecule has 0 radical (unpaired) electrons. The van der Waals surface area contributed by atoms with Crippen molar-refractivity contribution in [2.75, 3.05) is 0 Å². The zero-order valence-corrected chi connectivity index (χ0v) is 12.6. The van der Waals surface area contributed by atoms with E-state index in [1.807, 2.05) is 6.92 Å². The topological polar surface area (TPSA) is 83.8 Å². The molecule has 116 valence electrons. The van der Waals surface area contributed by atoms with Crippen molar-refractivity contribution in [1.82, 2.24) is 0 Å². The Bertz CT molecular complexity index is 490. The van der Waals surface area contributed by atoms with E-state index in [2.05, 4.69) is 0 Å². The summed E-state index contributed by atoms with van der Waals surface area (Å²) in [6, 6.07) is 6.90. The standard InChI is InChI=1S/C16H22O5/c1-4-5-12(14(17)18)10-11-6-8-13(9-7-11)21-16(2,3)15(19)20/h6-9,12H,4-5,10H2,1-3H3,(H,17,18)(H,19,20). The molecule has 0 saturated carbocycles. The second-order valence-corrected chi connectivity index (χ2v) is 5.59. The molecule has 0 aliphatic rings. The number of rotatable bonds is 8. The molecular weight excluding hydrogens is 272 g/mol. The lowest BCUT2D eigenvalue weighted by atomic mass is 9.95. The van der Waals surface area contributed by atoms with Crippen LogP contribution < -0.4 is 4.74 Å². The summed E-state index contributed by atoms with van der Waals surface area (Å²) in [5.41, 5.74) is -0.399. The summed E-state index contributed by atoms with van der Waals surface area (Å²) < 4.78 is 5.40. The van der Waals surface area contributed by atoms with Gasteiger partial charge < -0.3 is 14.9 Å². The van der Waals surface area contributed by atoms with Crippen LogP contribution in [0.2, 0.25) is 0 Å². The molecule has 0 heterocycles. The molecule has 1 unspecified atom stereocenters. The number of aliphatic carboxylic acids is 2. The first-order valence-corrected chi connectivity index (χ1v) is 7.00. The van der Waals surface area contributed by atoms with E-state index < -0.39 is 23.5 Å². The van der Waals surface area contributed by atoms with Crippen molar-refractivity contribution in [3.63, 3.8) is 0 Å². The van der Waals surface area contributed by atoms with Crippen LogP contribution in [0.15, 0.2) is 24.3 Å². The highest BCUT2D eigenvalue weighted by atomic mass is 16.5. The van der Waals surface area contributed by atoms with Crippen molar-refractivity contribution in [3.05, 3.63) is 29.8 Å². The van der Waals surface area contributed by atoms with Gasteiger partial charge in [0.15, 0.2) is 5.60 Å². The Morgan fingerprint density at radius 3 is 2.19 bits per heavy atom. The molecule has 0 aliphatic heterocycles. The molecule has 1 rings (SSSR count). The highest BCUT2D eigenvalue weighted by Gasteiger charge is 2.29. The van der Waals surface area contributed by atoms with Gasteiger partial charge in [0.1, 0.15) is 5.75 Å². The maximum Gasteiger partial charge on any atom is 0.347 e. The Kier molecular flexibility index (Phi) is 5.76. The SMILES string of the molecule is CCCC(Cc1ccc(OC(C)(C)C(=O)O)cc1)C(=O)O. The average Bonchev–Trinajstić information content (AvgIpc) is 2.39. The number of carbonyl (C=O) groups is 2. The molecule has 0 amide bonds. The second kappa shape index (κ2) is 7.11. The molecular formula is C16H22O5. The van der Waals surface area contributed by atoms with Gasteiger partial charge in [-0.05, 0) is 44.4 Å². The van der Waals surface area contributed by atoms with Crippen LogP contribution in [0, 0.1) is 5.92 Å². The summed E-state index contributed by atoms with van der Waals surface area (Å²) in [6.45, 7) is 4.91. The molecule has 0 fully saturated rings. The van der Waals surface area contributed by atoms with Gasteiger partial charge in [0, 0.05) is 0 Å². The van der Waals surface area contributed by atoms with Crippen LogP contribution in [0.1, 0.15) is 39.2 Å². The predicted octanol–water partition coefficient (Wildman–Crippen LogP) is 2.97. The third-order valence-corrected chi connectivity index (χ3v) is 3.28. The van der Waals surface area contributed by atoms with Gasteiger partial charge in [0.05, 0.1) is 5.92 Å². The maximum atomic E-state index is 11.1. The number of hydrogen-bond donors (Lipinski definition) is 2. The first kappa shape index (κ1) is 17.0. The minimum atomic E-state index is -1.30. The summed E-state index contributed by atoms with van der Waals surface area (Å²) in [7, 11) is 0. The minimum Gasteiger partial charge on any atom is -0.481 e. The third kappa shape index (κ3) is 5.10. The molecule has 21 heavy (non-hydrogen) atoms. The van der Waals surface area contributed by atoms with Gasteiger partial charge in [-0.15, -0.1) is 0 Å². The highest BCUT2D eigenvalue weighted by molar-refractivity contribution is 5.76. The Hall–Kier alpha value is -2.04. The van der Waals surface area contributed by atoms with Gasteiger partial charge in [-0.2, -0.15) is 0 Å². The minimum absolute atomic E-state index is 0.391. The first-order chi connectivity index (χ1) is 9.76. The fourth-order valence-electron chi connectivity index (χ4n) is 1.98. The van der Waals surface area contributed by atoms with Gasteiger partial charge in [0.25, 0.3) is 0 Å². The molecule has 0 aliphatic carbocycles. The van der Waals surface area contributed by atoms with Gasteiger partial charge in [-0.1, -0.05) is 25.5 Å².